The van der Waals surface area contributed by atoms with Gasteiger partial charge in [-0.2, -0.15) is 0 Å². The fourth-order valence-electron chi connectivity index (χ4n) is 2.01. The minimum Gasteiger partial charge on any atom is -0.494 e. The number of rotatable bonds is 5. The van der Waals surface area contributed by atoms with Crippen LogP contribution in [0.5, 0.6) is 5.75 Å². The van der Waals surface area contributed by atoms with Crippen molar-refractivity contribution in [3.05, 3.63) is 62.6 Å². The Kier molecular flexibility index (Phi) is 5.80. The van der Waals surface area contributed by atoms with E-state index in [0.717, 1.165) is 0 Å². The smallest absolute Gasteiger partial charge is 0.339 e. The second-order valence-electron chi connectivity index (χ2n) is 4.59. The highest BCUT2D eigenvalue weighted by Crippen LogP contribution is 2.28. The van der Waals surface area contributed by atoms with Gasteiger partial charge in [0.05, 0.1) is 24.3 Å². The SMILES string of the molecule is CCOc1ccc(C(=O)c2cc(Br)c(C(=O)OC)cc2Cl)cc1. The molecule has 0 unspecified atom stereocenters. The van der Waals surface area contributed by atoms with E-state index in [1.165, 1.54) is 19.2 Å². The zero-order valence-corrected chi connectivity index (χ0v) is 14.9. The van der Waals surface area contributed by atoms with Crippen molar-refractivity contribution < 1.29 is 19.1 Å². The molecule has 0 saturated carbocycles. The maximum atomic E-state index is 12.6. The van der Waals surface area contributed by atoms with Crippen molar-refractivity contribution in [3.8, 4) is 5.75 Å². The number of halogens is 2. The summed E-state index contributed by atoms with van der Waals surface area (Å²) in [7, 11) is 1.28. The lowest BCUT2D eigenvalue weighted by Gasteiger charge is -2.09. The van der Waals surface area contributed by atoms with Crippen molar-refractivity contribution in [1.82, 2.24) is 0 Å². The second kappa shape index (κ2) is 7.62. The van der Waals surface area contributed by atoms with E-state index in [2.05, 4.69) is 20.7 Å². The van der Waals surface area contributed by atoms with E-state index in [1.807, 2.05) is 6.92 Å². The topological polar surface area (TPSA) is 52.6 Å². The predicted molar refractivity (Wildman–Crippen MR) is 91.5 cm³/mol. The number of ether oxygens (including phenoxy) is 2. The minimum atomic E-state index is -0.529. The second-order valence-corrected chi connectivity index (χ2v) is 5.85. The van der Waals surface area contributed by atoms with Crippen LogP contribution in [0.15, 0.2) is 40.9 Å². The molecule has 0 N–H and O–H groups in total. The van der Waals surface area contributed by atoms with E-state index < -0.39 is 5.97 Å². The number of carbonyl (C=O) groups is 2. The molecule has 0 aliphatic carbocycles. The van der Waals surface area contributed by atoms with Gasteiger partial charge in [0, 0.05) is 15.6 Å². The van der Waals surface area contributed by atoms with Crippen LogP contribution in [0.1, 0.15) is 33.2 Å². The normalized spacial score (nSPS) is 10.3. The molecule has 2 rings (SSSR count). The van der Waals surface area contributed by atoms with Gasteiger partial charge in [0.2, 0.25) is 0 Å². The monoisotopic (exact) mass is 396 g/mol. The van der Waals surface area contributed by atoms with Gasteiger partial charge in [-0.1, -0.05) is 11.6 Å². The van der Waals surface area contributed by atoms with Gasteiger partial charge >= 0.3 is 5.97 Å². The summed E-state index contributed by atoms with van der Waals surface area (Å²) < 4.78 is 10.5. The van der Waals surface area contributed by atoms with Crippen LogP contribution in [0.3, 0.4) is 0 Å². The van der Waals surface area contributed by atoms with E-state index >= 15 is 0 Å². The van der Waals surface area contributed by atoms with Gasteiger partial charge in [0.25, 0.3) is 0 Å². The van der Waals surface area contributed by atoms with Crippen LogP contribution in [0, 0.1) is 0 Å². The molecule has 2 aromatic carbocycles. The van der Waals surface area contributed by atoms with Crippen LogP contribution >= 0.6 is 27.5 Å². The average molecular weight is 398 g/mol. The third kappa shape index (κ3) is 3.92. The molecule has 0 spiro atoms. The van der Waals surface area contributed by atoms with E-state index in [-0.39, 0.29) is 16.4 Å². The molecule has 0 radical (unpaired) electrons. The van der Waals surface area contributed by atoms with Gasteiger partial charge < -0.3 is 9.47 Å². The predicted octanol–water partition coefficient (Wildman–Crippen LogP) is 4.52. The largest absolute Gasteiger partial charge is 0.494 e. The highest BCUT2D eigenvalue weighted by atomic mass is 79.9. The summed E-state index contributed by atoms with van der Waals surface area (Å²) in [4.78, 5) is 24.2. The van der Waals surface area contributed by atoms with Crippen LogP contribution in [-0.4, -0.2) is 25.5 Å². The Labute approximate surface area is 147 Å². The maximum Gasteiger partial charge on any atom is 0.339 e. The Morgan fingerprint density at radius 2 is 1.78 bits per heavy atom. The molecule has 120 valence electrons. The minimum absolute atomic E-state index is 0.187. The molecule has 0 saturated heterocycles. The first-order chi connectivity index (χ1) is 11.0. The number of methoxy groups -OCH3 is 1. The van der Waals surface area contributed by atoms with Crippen LogP contribution in [-0.2, 0) is 4.74 Å². The molecule has 0 bridgehead atoms. The molecule has 4 nitrogen and oxygen atoms in total. The third-order valence-electron chi connectivity index (χ3n) is 3.13. The van der Waals surface area contributed by atoms with Crippen molar-refractivity contribution in [2.45, 2.75) is 6.92 Å². The Balaban J connectivity index is 2.35. The number of esters is 1. The number of benzene rings is 2. The molecule has 6 heteroatoms. The molecule has 0 aromatic heterocycles. The van der Waals surface area contributed by atoms with E-state index in [9.17, 15) is 9.59 Å². The molecule has 0 heterocycles. The summed E-state index contributed by atoms with van der Waals surface area (Å²) >= 11 is 9.42. The Bertz CT molecular complexity index is 741. The highest BCUT2D eigenvalue weighted by Gasteiger charge is 2.19. The molecule has 2 aromatic rings. The van der Waals surface area contributed by atoms with E-state index in [4.69, 9.17) is 16.3 Å². The van der Waals surface area contributed by atoms with Crippen LogP contribution in [0.25, 0.3) is 0 Å². The molecule has 0 aliphatic heterocycles. The summed E-state index contributed by atoms with van der Waals surface area (Å²) in [5.41, 5.74) is 1.05. The summed E-state index contributed by atoms with van der Waals surface area (Å²) in [6.45, 7) is 2.44. The summed E-state index contributed by atoms with van der Waals surface area (Å²) in [6, 6.07) is 9.73. The van der Waals surface area contributed by atoms with Crippen LogP contribution in [0.4, 0.5) is 0 Å². The lowest BCUT2D eigenvalue weighted by atomic mass is 10.0. The first kappa shape index (κ1) is 17.5. The summed E-state index contributed by atoms with van der Waals surface area (Å²) in [5, 5.41) is 0.187. The molecular formula is C17H14BrClO4. The number of hydrogen-bond acceptors (Lipinski definition) is 4. The zero-order valence-electron chi connectivity index (χ0n) is 12.6. The average Bonchev–Trinajstić information content (AvgIpc) is 2.56. The maximum absolute atomic E-state index is 12.6. The summed E-state index contributed by atoms with van der Waals surface area (Å²) in [5.74, 6) is -0.0774. The van der Waals surface area contributed by atoms with Crippen molar-refractivity contribution in [3.63, 3.8) is 0 Å². The standard InChI is InChI=1S/C17H14BrClO4/c1-3-23-11-6-4-10(5-7-11)16(20)13-8-14(18)12(9-15(13)19)17(21)22-2/h4-9H,3H2,1-2H3. The number of hydrogen-bond donors (Lipinski definition) is 0. The lowest BCUT2D eigenvalue weighted by Crippen LogP contribution is -2.07. The third-order valence-corrected chi connectivity index (χ3v) is 4.10. The van der Waals surface area contributed by atoms with Gasteiger partial charge in [-0.05, 0) is 59.3 Å². The van der Waals surface area contributed by atoms with Gasteiger partial charge in [-0.25, -0.2) is 4.79 Å². The van der Waals surface area contributed by atoms with Gasteiger partial charge in [-0.15, -0.1) is 0 Å². The number of carbonyl (C=O) groups excluding carboxylic acids is 2. The van der Waals surface area contributed by atoms with Crippen LogP contribution in [0.2, 0.25) is 5.02 Å². The number of ketones is 1. The first-order valence-corrected chi connectivity index (χ1v) is 8.00. The van der Waals surface area contributed by atoms with Gasteiger partial charge in [0.15, 0.2) is 5.78 Å². The molecule has 0 fully saturated rings. The fourth-order valence-corrected chi connectivity index (χ4v) is 2.77. The quantitative estimate of drug-likeness (QED) is 0.550. The molecule has 0 amide bonds. The van der Waals surface area contributed by atoms with Crippen molar-refractivity contribution in [2.24, 2.45) is 0 Å². The lowest BCUT2D eigenvalue weighted by molar-refractivity contribution is 0.0599. The first-order valence-electron chi connectivity index (χ1n) is 6.82. The molecule has 23 heavy (non-hydrogen) atoms. The van der Waals surface area contributed by atoms with E-state index in [0.29, 0.717) is 28.0 Å². The Hall–Kier alpha value is -1.85. The van der Waals surface area contributed by atoms with Gasteiger partial charge in [-0.3, -0.25) is 4.79 Å². The fraction of sp³-hybridized carbons (Fsp3) is 0.176. The van der Waals surface area contributed by atoms with Crippen molar-refractivity contribution >= 4 is 39.3 Å². The van der Waals surface area contributed by atoms with Gasteiger partial charge in [0.1, 0.15) is 5.75 Å². The van der Waals surface area contributed by atoms with Crippen molar-refractivity contribution in [1.29, 1.82) is 0 Å². The summed E-state index contributed by atoms with van der Waals surface area (Å²) in [6.07, 6.45) is 0. The Morgan fingerprint density at radius 1 is 1.13 bits per heavy atom. The highest BCUT2D eigenvalue weighted by molar-refractivity contribution is 9.10. The van der Waals surface area contributed by atoms with Crippen molar-refractivity contribution in [2.75, 3.05) is 13.7 Å². The Morgan fingerprint density at radius 3 is 2.35 bits per heavy atom. The van der Waals surface area contributed by atoms with Crippen LogP contribution < -0.4 is 4.74 Å². The van der Waals surface area contributed by atoms with E-state index in [1.54, 1.807) is 24.3 Å². The zero-order chi connectivity index (χ0) is 17.0. The molecule has 0 aliphatic rings. The molecule has 0 atom stereocenters. The molecular weight excluding hydrogens is 384 g/mol.